The molecule has 2 unspecified atom stereocenters. The third-order valence-electron chi connectivity index (χ3n) is 4.22. The van der Waals surface area contributed by atoms with E-state index in [0.717, 1.165) is 37.0 Å². The Bertz CT molecular complexity index is 409. The Morgan fingerprint density at radius 2 is 1.94 bits per heavy atom. The topological polar surface area (TPSA) is 23.5 Å². The molecule has 1 aromatic rings. The number of likely N-dealkylation sites (tertiary alicyclic amines) is 1. The van der Waals surface area contributed by atoms with Crippen LogP contribution in [-0.2, 0) is 6.54 Å². The number of nitrogens with zero attached hydrogens (tertiary/aromatic N) is 1. The lowest BCUT2D eigenvalue weighted by Gasteiger charge is -2.16. The average Bonchev–Trinajstić information content (AvgIpc) is 2.84. The van der Waals surface area contributed by atoms with E-state index in [2.05, 4.69) is 4.90 Å². The molecule has 0 radical (unpaired) electrons. The van der Waals surface area contributed by atoms with Crippen LogP contribution in [0.5, 0.6) is 5.75 Å². The van der Waals surface area contributed by atoms with Crippen LogP contribution in [0.1, 0.15) is 24.8 Å². The summed E-state index contributed by atoms with van der Waals surface area (Å²) in [5, 5.41) is 9.15. The minimum atomic E-state index is -0.512. The molecule has 2 aliphatic rings. The van der Waals surface area contributed by atoms with Crippen molar-refractivity contribution in [2.75, 3.05) is 13.1 Å². The Morgan fingerprint density at radius 3 is 2.59 bits per heavy atom. The Kier molecular flexibility index (Phi) is 2.79. The fraction of sp³-hybridized carbons (Fsp3) is 0.571. The van der Waals surface area contributed by atoms with Gasteiger partial charge in [0.25, 0.3) is 0 Å². The molecule has 1 aromatic carbocycles. The van der Waals surface area contributed by atoms with Gasteiger partial charge in [-0.05, 0) is 42.4 Å². The summed E-state index contributed by atoms with van der Waals surface area (Å²) in [6.45, 7) is 3.13. The van der Waals surface area contributed by atoms with Crippen LogP contribution in [0.4, 0.5) is 4.39 Å². The molecule has 0 amide bonds. The highest BCUT2D eigenvalue weighted by Gasteiger charge is 2.35. The van der Waals surface area contributed by atoms with Crippen LogP contribution in [0.2, 0.25) is 0 Å². The van der Waals surface area contributed by atoms with E-state index in [0.29, 0.717) is 0 Å². The highest BCUT2D eigenvalue weighted by atomic mass is 19.1. The van der Waals surface area contributed by atoms with Gasteiger partial charge < -0.3 is 5.11 Å². The third-order valence-corrected chi connectivity index (χ3v) is 4.22. The molecule has 2 fully saturated rings. The first-order chi connectivity index (χ1) is 8.22. The number of aromatic hydroxyl groups is 1. The Morgan fingerprint density at radius 1 is 1.24 bits per heavy atom. The van der Waals surface area contributed by atoms with Crippen molar-refractivity contribution in [1.29, 1.82) is 0 Å². The highest BCUT2D eigenvalue weighted by Crippen LogP contribution is 2.38. The van der Waals surface area contributed by atoms with E-state index in [1.165, 1.54) is 31.4 Å². The summed E-state index contributed by atoms with van der Waals surface area (Å²) >= 11 is 0. The summed E-state index contributed by atoms with van der Waals surface area (Å²) in [6, 6.07) is 4.71. The fourth-order valence-corrected chi connectivity index (χ4v) is 3.37. The number of phenolic OH excluding ortho intramolecular Hbond substituents is 1. The van der Waals surface area contributed by atoms with Crippen LogP contribution >= 0.6 is 0 Å². The van der Waals surface area contributed by atoms with Crippen LogP contribution in [0.3, 0.4) is 0 Å². The van der Waals surface area contributed by atoms with Crippen molar-refractivity contribution in [3.8, 4) is 5.75 Å². The molecule has 0 bridgehead atoms. The van der Waals surface area contributed by atoms with Gasteiger partial charge >= 0.3 is 0 Å². The second kappa shape index (κ2) is 4.30. The molecule has 0 aromatic heterocycles. The normalized spacial score (nSPS) is 28.5. The summed E-state index contributed by atoms with van der Waals surface area (Å²) in [5.41, 5.74) is 0.959. The fourth-order valence-electron chi connectivity index (χ4n) is 3.37. The van der Waals surface area contributed by atoms with Crippen molar-refractivity contribution < 1.29 is 9.50 Å². The smallest absolute Gasteiger partial charge is 0.165 e. The van der Waals surface area contributed by atoms with E-state index in [4.69, 9.17) is 5.11 Å². The number of hydrogen-bond donors (Lipinski definition) is 1. The monoisotopic (exact) mass is 235 g/mol. The van der Waals surface area contributed by atoms with E-state index < -0.39 is 5.82 Å². The average molecular weight is 235 g/mol. The zero-order valence-electron chi connectivity index (χ0n) is 9.90. The largest absolute Gasteiger partial charge is 0.505 e. The van der Waals surface area contributed by atoms with E-state index >= 15 is 0 Å². The summed E-state index contributed by atoms with van der Waals surface area (Å²) in [7, 11) is 0. The van der Waals surface area contributed by atoms with Gasteiger partial charge in [0.05, 0.1) is 0 Å². The van der Waals surface area contributed by atoms with Crippen LogP contribution in [0.25, 0.3) is 0 Å². The van der Waals surface area contributed by atoms with Crippen molar-refractivity contribution in [2.45, 2.75) is 25.8 Å². The number of fused-ring (bicyclic) bond motifs is 1. The van der Waals surface area contributed by atoms with Gasteiger partial charge in [-0.1, -0.05) is 12.5 Å². The first-order valence-corrected chi connectivity index (χ1v) is 6.42. The van der Waals surface area contributed by atoms with E-state index in [1.54, 1.807) is 0 Å². The predicted octanol–water partition coefficient (Wildman–Crippen LogP) is 2.76. The summed E-state index contributed by atoms with van der Waals surface area (Å²) in [4.78, 5) is 2.42. The standard InChI is InChI=1S/C14H18FNO/c15-13-6-10(4-5-14(13)17)7-16-8-11-2-1-3-12(11)9-16/h4-6,11-12,17H,1-3,7-9H2. The molecule has 1 saturated carbocycles. The maximum Gasteiger partial charge on any atom is 0.165 e. The molecule has 3 heteroatoms. The Balaban J connectivity index is 1.65. The predicted molar refractivity (Wildman–Crippen MR) is 64.2 cm³/mol. The van der Waals surface area contributed by atoms with Crippen molar-refractivity contribution in [2.24, 2.45) is 11.8 Å². The van der Waals surface area contributed by atoms with Gasteiger partial charge in [0.2, 0.25) is 0 Å². The van der Waals surface area contributed by atoms with E-state index in [1.807, 2.05) is 6.07 Å². The maximum atomic E-state index is 13.2. The number of rotatable bonds is 2. The first-order valence-electron chi connectivity index (χ1n) is 6.42. The van der Waals surface area contributed by atoms with Gasteiger partial charge in [-0.2, -0.15) is 0 Å². The van der Waals surface area contributed by atoms with Crippen LogP contribution in [-0.4, -0.2) is 23.1 Å². The van der Waals surface area contributed by atoms with Crippen molar-refractivity contribution >= 4 is 0 Å². The van der Waals surface area contributed by atoms with Gasteiger partial charge in [-0.15, -0.1) is 0 Å². The lowest BCUT2D eigenvalue weighted by molar-refractivity contribution is 0.302. The summed E-state index contributed by atoms with van der Waals surface area (Å²) in [5.74, 6) is 0.975. The van der Waals surface area contributed by atoms with Gasteiger partial charge in [0.15, 0.2) is 11.6 Å². The number of hydrogen-bond acceptors (Lipinski definition) is 2. The highest BCUT2D eigenvalue weighted by molar-refractivity contribution is 5.28. The third kappa shape index (κ3) is 2.16. The van der Waals surface area contributed by atoms with E-state index in [9.17, 15) is 4.39 Å². The molecule has 1 heterocycles. The Hall–Kier alpha value is -1.09. The van der Waals surface area contributed by atoms with Gasteiger partial charge in [0, 0.05) is 19.6 Å². The molecule has 1 aliphatic heterocycles. The van der Waals surface area contributed by atoms with Crippen LogP contribution in [0.15, 0.2) is 18.2 Å². The van der Waals surface area contributed by atoms with Gasteiger partial charge in [-0.25, -0.2) is 4.39 Å². The van der Waals surface area contributed by atoms with Crippen molar-refractivity contribution in [1.82, 2.24) is 4.90 Å². The lowest BCUT2D eigenvalue weighted by atomic mass is 10.0. The minimum absolute atomic E-state index is 0.257. The molecule has 92 valence electrons. The first kappa shape index (κ1) is 11.0. The molecule has 2 atom stereocenters. The van der Waals surface area contributed by atoms with Gasteiger partial charge in [0.1, 0.15) is 0 Å². The van der Waals surface area contributed by atoms with Crippen LogP contribution < -0.4 is 0 Å². The summed E-state index contributed by atoms with van der Waals surface area (Å²) < 4.78 is 13.2. The second-order valence-electron chi connectivity index (χ2n) is 5.43. The molecule has 1 N–H and O–H groups in total. The number of halogens is 1. The molecular formula is C14H18FNO. The molecule has 1 aliphatic carbocycles. The minimum Gasteiger partial charge on any atom is -0.505 e. The number of benzene rings is 1. The molecule has 0 spiro atoms. The molecular weight excluding hydrogens is 217 g/mol. The van der Waals surface area contributed by atoms with Crippen molar-refractivity contribution in [3.63, 3.8) is 0 Å². The summed E-state index contributed by atoms with van der Waals surface area (Å²) in [6.07, 6.45) is 4.12. The van der Waals surface area contributed by atoms with E-state index in [-0.39, 0.29) is 5.75 Å². The maximum absolute atomic E-state index is 13.2. The molecule has 3 rings (SSSR count). The zero-order valence-corrected chi connectivity index (χ0v) is 9.90. The second-order valence-corrected chi connectivity index (χ2v) is 5.43. The Labute approximate surface area is 101 Å². The van der Waals surface area contributed by atoms with Crippen molar-refractivity contribution in [3.05, 3.63) is 29.6 Å². The lowest BCUT2D eigenvalue weighted by Crippen LogP contribution is -2.21. The van der Waals surface area contributed by atoms with Gasteiger partial charge in [-0.3, -0.25) is 4.90 Å². The molecule has 17 heavy (non-hydrogen) atoms. The molecule has 2 nitrogen and oxygen atoms in total. The quantitative estimate of drug-likeness (QED) is 0.852. The SMILES string of the molecule is Oc1ccc(CN2CC3CCCC3C2)cc1F. The molecule has 1 saturated heterocycles. The zero-order chi connectivity index (χ0) is 11.8. The van der Waals surface area contributed by atoms with Crippen LogP contribution in [0, 0.1) is 17.7 Å². The number of phenols is 1.